The lowest BCUT2D eigenvalue weighted by atomic mass is 10.1. The van der Waals surface area contributed by atoms with Gasteiger partial charge in [-0.3, -0.25) is 0 Å². The van der Waals surface area contributed by atoms with E-state index in [-0.39, 0.29) is 5.82 Å². The number of aromatic amines is 1. The zero-order valence-corrected chi connectivity index (χ0v) is 17.7. The highest BCUT2D eigenvalue weighted by Gasteiger charge is 2.16. The van der Waals surface area contributed by atoms with Crippen LogP contribution in [0.25, 0.3) is 45.0 Å². The van der Waals surface area contributed by atoms with Gasteiger partial charge < -0.3 is 10.3 Å². The Hall–Kier alpha value is -3.72. The highest BCUT2D eigenvalue weighted by molar-refractivity contribution is 7.99. The van der Waals surface area contributed by atoms with Gasteiger partial charge in [-0.15, -0.1) is 11.8 Å². The van der Waals surface area contributed by atoms with Gasteiger partial charge in [0.15, 0.2) is 17.3 Å². The summed E-state index contributed by atoms with van der Waals surface area (Å²) in [5.74, 6) is 0.736. The molecule has 0 unspecified atom stereocenters. The molecule has 5 rings (SSSR count). The number of hydrogen-bond donors (Lipinski definition) is 2. The minimum absolute atomic E-state index is 0.283. The molecule has 154 valence electrons. The third-order valence-electron chi connectivity index (χ3n) is 4.68. The van der Waals surface area contributed by atoms with Gasteiger partial charge in [-0.1, -0.05) is 37.2 Å². The molecule has 8 nitrogen and oxygen atoms in total. The van der Waals surface area contributed by atoms with E-state index in [0.29, 0.717) is 28.1 Å². The molecule has 2 aromatic carbocycles. The molecule has 3 heterocycles. The van der Waals surface area contributed by atoms with Gasteiger partial charge >= 0.3 is 0 Å². The maximum absolute atomic E-state index is 6.10. The summed E-state index contributed by atoms with van der Waals surface area (Å²) in [6.45, 7) is 4.34. The summed E-state index contributed by atoms with van der Waals surface area (Å²) < 4.78 is 5.55. The number of H-pyrrole nitrogens is 1. The number of thioether (sulfide) groups is 1. The summed E-state index contributed by atoms with van der Waals surface area (Å²) >= 11 is 1.82. The van der Waals surface area contributed by atoms with Crippen LogP contribution in [0.2, 0.25) is 0 Å². The lowest BCUT2D eigenvalue weighted by Gasteiger charge is -2.07. The maximum Gasteiger partial charge on any atom is 0.189 e. The van der Waals surface area contributed by atoms with Crippen LogP contribution in [0, 0.1) is 0 Å². The van der Waals surface area contributed by atoms with E-state index in [4.69, 9.17) is 15.2 Å². The quantitative estimate of drug-likeness (QED) is 0.382. The number of anilines is 1. The summed E-state index contributed by atoms with van der Waals surface area (Å²) in [6.07, 6.45) is 1.67. The Morgan fingerprint density at radius 2 is 1.71 bits per heavy atom. The molecule has 31 heavy (non-hydrogen) atoms. The van der Waals surface area contributed by atoms with E-state index in [1.165, 1.54) is 4.90 Å². The number of nitrogen functional groups attached to an aromatic ring is 1. The minimum Gasteiger partial charge on any atom is -0.382 e. The molecule has 0 spiro atoms. The van der Waals surface area contributed by atoms with Crippen LogP contribution in [-0.4, -0.2) is 35.8 Å². The molecule has 0 bridgehead atoms. The Kier molecular flexibility index (Phi) is 4.87. The third kappa shape index (κ3) is 3.87. The summed E-state index contributed by atoms with van der Waals surface area (Å²) in [5, 5.41) is 15.5. The van der Waals surface area contributed by atoms with E-state index in [2.05, 4.69) is 51.5 Å². The van der Waals surface area contributed by atoms with Gasteiger partial charge in [-0.25, -0.2) is 9.97 Å². The molecular formula is C22H19N7OS. The molecule has 0 amide bonds. The second kappa shape index (κ2) is 7.84. The van der Waals surface area contributed by atoms with E-state index in [1.807, 2.05) is 42.1 Å². The molecule has 0 aliphatic heterocycles. The number of fused-ring (bicyclic) bond motifs is 1. The van der Waals surface area contributed by atoms with Gasteiger partial charge in [0.1, 0.15) is 16.7 Å². The van der Waals surface area contributed by atoms with Crippen LogP contribution in [0.4, 0.5) is 5.82 Å². The number of rotatable bonds is 5. The SMILES string of the molecule is CC(C)Sc1ccc(-c2cnc(N)c(-c3cc(-c4ccc5n[nH]nc5c4)no3)n2)cc1. The van der Waals surface area contributed by atoms with Crippen molar-refractivity contribution >= 4 is 28.6 Å². The molecule has 3 aromatic heterocycles. The van der Waals surface area contributed by atoms with Crippen LogP contribution in [0.15, 0.2) is 64.1 Å². The fraction of sp³-hybridized carbons (Fsp3) is 0.136. The maximum atomic E-state index is 6.10. The Balaban J connectivity index is 1.47. The van der Waals surface area contributed by atoms with E-state index in [1.54, 1.807) is 12.3 Å². The second-order valence-electron chi connectivity index (χ2n) is 7.28. The molecule has 0 aliphatic rings. The predicted octanol–water partition coefficient (Wildman–Crippen LogP) is 4.82. The number of aromatic nitrogens is 6. The Bertz CT molecular complexity index is 1360. The van der Waals surface area contributed by atoms with Crippen LogP contribution in [0.3, 0.4) is 0 Å². The van der Waals surface area contributed by atoms with Crippen molar-refractivity contribution in [2.45, 2.75) is 24.0 Å². The van der Waals surface area contributed by atoms with Crippen LogP contribution in [0.1, 0.15) is 13.8 Å². The summed E-state index contributed by atoms with van der Waals surface area (Å²) in [5.41, 5.74) is 11.3. The summed E-state index contributed by atoms with van der Waals surface area (Å²) in [6, 6.07) is 15.7. The van der Waals surface area contributed by atoms with Crippen molar-refractivity contribution in [3.05, 3.63) is 54.7 Å². The zero-order valence-electron chi connectivity index (χ0n) is 16.9. The number of benzene rings is 2. The minimum atomic E-state index is 0.283. The molecule has 0 aliphatic carbocycles. The molecule has 0 saturated heterocycles. The normalized spacial score (nSPS) is 11.5. The summed E-state index contributed by atoms with van der Waals surface area (Å²) in [4.78, 5) is 10.2. The van der Waals surface area contributed by atoms with Crippen LogP contribution >= 0.6 is 11.8 Å². The van der Waals surface area contributed by atoms with Crippen molar-refractivity contribution in [2.24, 2.45) is 0 Å². The largest absolute Gasteiger partial charge is 0.382 e. The molecule has 0 atom stereocenters. The van der Waals surface area contributed by atoms with Gasteiger partial charge in [0.25, 0.3) is 0 Å². The number of nitrogens with two attached hydrogens (primary N) is 1. The standard InChI is InChI=1S/C22H19N7OS/c1-12(2)31-15-6-3-13(4-7-15)19-11-24-22(23)21(25-19)20-10-17(28-30-20)14-5-8-16-18(9-14)27-29-26-16/h3-12H,1-2H3,(H2,23,24)(H,26,27,29). The summed E-state index contributed by atoms with van der Waals surface area (Å²) in [7, 11) is 0. The Labute approximate surface area is 182 Å². The molecule has 0 fully saturated rings. The van der Waals surface area contributed by atoms with Crippen molar-refractivity contribution in [2.75, 3.05) is 5.73 Å². The van der Waals surface area contributed by atoms with Crippen molar-refractivity contribution in [3.8, 4) is 34.0 Å². The average Bonchev–Trinajstić information content (AvgIpc) is 3.43. The van der Waals surface area contributed by atoms with Crippen LogP contribution in [0.5, 0.6) is 0 Å². The van der Waals surface area contributed by atoms with Gasteiger partial charge in [0, 0.05) is 27.3 Å². The highest BCUT2D eigenvalue weighted by Crippen LogP contribution is 2.31. The van der Waals surface area contributed by atoms with Crippen molar-refractivity contribution < 1.29 is 4.52 Å². The number of hydrogen-bond acceptors (Lipinski definition) is 8. The first kappa shape index (κ1) is 19.3. The van der Waals surface area contributed by atoms with Crippen molar-refractivity contribution in [1.29, 1.82) is 0 Å². The third-order valence-corrected chi connectivity index (χ3v) is 5.69. The van der Waals surface area contributed by atoms with E-state index >= 15 is 0 Å². The van der Waals surface area contributed by atoms with Crippen LogP contribution in [-0.2, 0) is 0 Å². The topological polar surface area (TPSA) is 119 Å². The van der Waals surface area contributed by atoms with Gasteiger partial charge in [-0.2, -0.15) is 15.4 Å². The van der Waals surface area contributed by atoms with Crippen LogP contribution < -0.4 is 5.73 Å². The molecular weight excluding hydrogens is 410 g/mol. The fourth-order valence-electron chi connectivity index (χ4n) is 3.22. The molecule has 9 heteroatoms. The number of nitrogens with zero attached hydrogens (tertiary/aromatic N) is 5. The lowest BCUT2D eigenvalue weighted by molar-refractivity contribution is 0.434. The lowest BCUT2D eigenvalue weighted by Crippen LogP contribution is -1.98. The second-order valence-corrected chi connectivity index (χ2v) is 8.93. The molecule has 5 aromatic rings. The molecule has 3 N–H and O–H groups in total. The van der Waals surface area contributed by atoms with E-state index < -0.39 is 0 Å². The Morgan fingerprint density at radius 1 is 0.935 bits per heavy atom. The van der Waals surface area contributed by atoms with Gasteiger partial charge in [0.05, 0.1) is 11.9 Å². The van der Waals surface area contributed by atoms with Gasteiger partial charge in [-0.05, 0) is 24.3 Å². The highest BCUT2D eigenvalue weighted by atomic mass is 32.2. The first-order valence-corrected chi connectivity index (χ1v) is 10.6. The smallest absolute Gasteiger partial charge is 0.189 e. The van der Waals surface area contributed by atoms with Gasteiger partial charge in [0.2, 0.25) is 0 Å². The average molecular weight is 430 g/mol. The van der Waals surface area contributed by atoms with Crippen molar-refractivity contribution in [1.82, 2.24) is 30.5 Å². The first-order valence-electron chi connectivity index (χ1n) is 9.74. The fourth-order valence-corrected chi connectivity index (χ4v) is 4.06. The molecule has 0 radical (unpaired) electrons. The molecule has 0 saturated carbocycles. The van der Waals surface area contributed by atoms with Crippen molar-refractivity contribution in [3.63, 3.8) is 0 Å². The zero-order chi connectivity index (χ0) is 21.4. The first-order chi connectivity index (χ1) is 15.1. The predicted molar refractivity (Wildman–Crippen MR) is 121 cm³/mol. The Morgan fingerprint density at radius 3 is 2.52 bits per heavy atom. The number of nitrogens with one attached hydrogen (secondary N) is 1. The van der Waals surface area contributed by atoms with E-state index in [9.17, 15) is 0 Å². The van der Waals surface area contributed by atoms with E-state index in [0.717, 1.165) is 22.2 Å². The monoisotopic (exact) mass is 429 g/mol.